The molecule has 9 heteroatoms. The Morgan fingerprint density at radius 3 is 0.657 bits per heavy atom. The molecule has 0 atom stereocenters. The van der Waals surface area contributed by atoms with Crippen molar-refractivity contribution >= 4 is 69.3 Å². The zero-order valence-electron chi connectivity index (χ0n) is 56.9. The van der Waals surface area contributed by atoms with E-state index in [4.69, 9.17) is 28.4 Å². The molecule has 0 radical (unpaired) electrons. The summed E-state index contributed by atoms with van der Waals surface area (Å²) in [4.78, 5) is 0. The van der Waals surface area contributed by atoms with Crippen LogP contribution >= 0.6 is 0 Å². The second-order valence-electron chi connectivity index (χ2n) is 27.2. The molecule has 6 aliphatic rings. The average molecular weight is 1340 g/mol. The number of benzene rings is 16. The van der Waals surface area contributed by atoms with Gasteiger partial charge >= 0.3 is 0 Å². The molecule has 0 fully saturated rings. The monoisotopic (exact) mass is 1340 g/mol. The molecule has 6 heterocycles. The van der Waals surface area contributed by atoms with E-state index in [1.165, 1.54) is 77.3 Å². The van der Waals surface area contributed by atoms with Gasteiger partial charge in [-0.1, -0.05) is 273 Å². The molecule has 0 saturated heterocycles. The molecule has 0 aromatic heterocycles. The Morgan fingerprint density at radius 1 is 0.133 bits per heavy atom. The maximum atomic E-state index is 6.55. The van der Waals surface area contributed by atoms with Gasteiger partial charge in [-0.3, -0.25) is 0 Å². The first kappa shape index (κ1) is 61.4. The van der Waals surface area contributed by atoms with E-state index in [0.29, 0.717) is 0 Å². The van der Waals surface area contributed by atoms with Crippen LogP contribution in [0.2, 0.25) is 0 Å². The van der Waals surface area contributed by atoms with Crippen molar-refractivity contribution in [1.82, 2.24) is 0 Å². The van der Waals surface area contributed by atoms with Crippen LogP contribution in [0, 0.1) is 0 Å². The number of para-hydroxylation sites is 6. The second-order valence-corrected chi connectivity index (χ2v) is 27.2. The van der Waals surface area contributed by atoms with Crippen molar-refractivity contribution in [3.8, 4) is 147 Å². The summed E-state index contributed by atoms with van der Waals surface area (Å²) in [6, 6.07) is 129. The molecule has 0 saturated carbocycles. The molecule has 105 heavy (non-hydrogen) atoms. The van der Waals surface area contributed by atoms with Gasteiger partial charge in [0.1, 0.15) is 69.0 Å². The number of rotatable bonds is 7. The standard InChI is InChI=1S/C36H23BO2.2C30H19BO2/c1-3-11-24(12-4-1)26-19-27(25-13-5-2-6-14-25)21-28(20-26)29-22-34-36-35(23-29)39-33-18-10-8-16-31(33)37(36)30-15-7-9-17-32(30)38-34;1-2-9-20(10-3-1)21-11-8-12-22(17-21)23-18-28-30-29(19-23)33-27-16-7-5-14-25(27)31(30)24-13-4-6-15-26(24)32-28;1-2-10-20(11-3-1)22-12-4-5-13-23(22)21-18-28-30-29(19-21)33-27-17-9-7-15-25(27)31(30)24-14-6-8-16-26(24)32-28/h1-23H;2*1-19H. The third kappa shape index (κ3) is 11.0. The fraction of sp³-hybridized carbons (Fsp3) is 0. The van der Waals surface area contributed by atoms with Crippen LogP contribution in [0.5, 0.6) is 69.0 Å². The van der Waals surface area contributed by atoms with Gasteiger partial charge in [0.25, 0.3) is 20.1 Å². The highest BCUT2D eigenvalue weighted by atomic mass is 16.5. The SMILES string of the molecule is c1ccc(-c2cc(-c3ccccc3)cc(-c3cc4c5c(c3)Oc3ccccc3B5c3ccccc3O4)c2)cc1.c1ccc(-c2cccc(-c3cc4c5c(c3)Oc3ccccc3B5c3ccccc3O4)c2)cc1.c1ccc(-c2ccccc2-c2cc3c4c(c2)Oc2ccccc2B4c2ccccc2O3)cc1. The summed E-state index contributed by atoms with van der Waals surface area (Å²) in [5.41, 5.74) is 26.5. The van der Waals surface area contributed by atoms with Crippen LogP contribution in [0.1, 0.15) is 0 Å². The van der Waals surface area contributed by atoms with Crippen molar-refractivity contribution in [2.45, 2.75) is 0 Å². The van der Waals surface area contributed by atoms with Crippen molar-refractivity contribution in [2.75, 3.05) is 0 Å². The number of hydrogen-bond acceptors (Lipinski definition) is 6. The Bertz CT molecular complexity index is 5820. The van der Waals surface area contributed by atoms with E-state index in [1.54, 1.807) is 0 Å². The molecule has 0 unspecified atom stereocenters. The van der Waals surface area contributed by atoms with Crippen molar-refractivity contribution in [3.05, 3.63) is 370 Å². The van der Waals surface area contributed by atoms with Gasteiger partial charge in [0.05, 0.1) is 0 Å². The van der Waals surface area contributed by atoms with Gasteiger partial charge < -0.3 is 28.4 Å². The van der Waals surface area contributed by atoms with Gasteiger partial charge in [0.2, 0.25) is 0 Å². The summed E-state index contributed by atoms with van der Waals surface area (Å²) in [7, 11) is 0. The van der Waals surface area contributed by atoms with E-state index in [9.17, 15) is 0 Å². The van der Waals surface area contributed by atoms with Crippen LogP contribution in [0.15, 0.2) is 370 Å². The number of fused-ring (bicyclic) bond motifs is 12. The van der Waals surface area contributed by atoms with E-state index in [0.717, 1.165) is 119 Å². The topological polar surface area (TPSA) is 55.4 Å². The van der Waals surface area contributed by atoms with E-state index in [1.807, 2.05) is 48.5 Å². The molecule has 16 aromatic carbocycles. The van der Waals surface area contributed by atoms with E-state index >= 15 is 0 Å². The first-order chi connectivity index (χ1) is 52.0. The summed E-state index contributed by atoms with van der Waals surface area (Å²) in [5.74, 6) is 10.6. The van der Waals surface area contributed by atoms with Crippen molar-refractivity contribution in [1.29, 1.82) is 0 Å². The van der Waals surface area contributed by atoms with Gasteiger partial charge in [0, 0.05) is 16.4 Å². The van der Waals surface area contributed by atoms with Gasteiger partial charge in [-0.05, 0) is 208 Å². The van der Waals surface area contributed by atoms with Crippen LogP contribution in [-0.4, -0.2) is 20.1 Å². The predicted octanol–water partition coefficient (Wildman–Crippen LogP) is 18.9. The molecule has 16 aromatic rings. The van der Waals surface area contributed by atoms with Gasteiger partial charge in [0.15, 0.2) is 0 Å². The van der Waals surface area contributed by atoms with Crippen molar-refractivity contribution < 1.29 is 28.4 Å². The number of ether oxygens (including phenoxy) is 6. The third-order valence-corrected chi connectivity index (χ3v) is 21.0. The van der Waals surface area contributed by atoms with E-state index in [2.05, 4.69) is 322 Å². The lowest BCUT2D eigenvalue weighted by Gasteiger charge is -2.33. The molecule has 6 nitrogen and oxygen atoms in total. The molecule has 490 valence electrons. The zero-order valence-corrected chi connectivity index (χ0v) is 56.9. The summed E-state index contributed by atoms with van der Waals surface area (Å²) in [6.07, 6.45) is 0. The molecular formula is C96H61B3O6. The minimum atomic E-state index is 0.0782. The smallest absolute Gasteiger partial charge is 0.260 e. The fourth-order valence-corrected chi connectivity index (χ4v) is 16.2. The number of hydrogen-bond donors (Lipinski definition) is 0. The normalized spacial score (nSPS) is 12.6. The first-order valence-electron chi connectivity index (χ1n) is 35.7. The van der Waals surface area contributed by atoms with E-state index in [-0.39, 0.29) is 20.1 Å². The fourth-order valence-electron chi connectivity index (χ4n) is 16.2. The molecule has 22 rings (SSSR count). The third-order valence-electron chi connectivity index (χ3n) is 21.0. The molecular weight excluding hydrogens is 1280 g/mol. The Kier molecular flexibility index (Phi) is 15.1. The van der Waals surface area contributed by atoms with Crippen LogP contribution < -0.4 is 77.6 Å². The zero-order chi connectivity index (χ0) is 69.3. The molecule has 0 spiro atoms. The van der Waals surface area contributed by atoms with Crippen LogP contribution in [-0.2, 0) is 0 Å². The minimum Gasteiger partial charge on any atom is -0.458 e. The molecule has 0 amide bonds. The second kappa shape index (κ2) is 25.8. The van der Waals surface area contributed by atoms with Crippen molar-refractivity contribution in [2.24, 2.45) is 0 Å². The Morgan fingerprint density at radius 2 is 0.333 bits per heavy atom. The largest absolute Gasteiger partial charge is 0.458 e. The Balaban J connectivity index is 0.000000105. The minimum absolute atomic E-state index is 0.0782. The molecule has 0 aliphatic carbocycles. The maximum Gasteiger partial charge on any atom is 0.260 e. The Hall–Kier alpha value is -13.5. The van der Waals surface area contributed by atoms with Gasteiger partial charge in [-0.15, -0.1) is 0 Å². The maximum absolute atomic E-state index is 6.55. The average Bonchev–Trinajstić information content (AvgIpc) is 0.736. The quantitative estimate of drug-likeness (QED) is 0.148. The summed E-state index contributed by atoms with van der Waals surface area (Å²) in [6.45, 7) is 0.285. The summed E-state index contributed by atoms with van der Waals surface area (Å²) < 4.78 is 38.9. The summed E-state index contributed by atoms with van der Waals surface area (Å²) >= 11 is 0. The van der Waals surface area contributed by atoms with Gasteiger partial charge in [-0.25, -0.2) is 0 Å². The van der Waals surface area contributed by atoms with Crippen molar-refractivity contribution in [3.63, 3.8) is 0 Å². The Labute approximate surface area is 610 Å². The summed E-state index contributed by atoms with van der Waals surface area (Å²) in [5, 5.41) is 0. The highest BCUT2D eigenvalue weighted by Crippen LogP contribution is 2.45. The predicted molar refractivity (Wildman–Crippen MR) is 430 cm³/mol. The van der Waals surface area contributed by atoms with Gasteiger partial charge in [-0.2, -0.15) is 0 Å². The highest BCUT2D eigenvalue weighted by molar-refractivity contribution is 6.99. The molecule has 0 N–H and O–H groups in total. The van der Waals surface area contributed by atoms with E-state index < -0.39 is 0 Å². The lowest BCUT2D eigenvalue weighted by molar-refractivity contribution is 0.464. The van der Waals surface area contributed by atoms with Crippen LogP contribution in [0.25, 0.3) is 77.9 Å². The lowest BCUT2D eigenvalue weighted by atomic mass is 9.35. The molecule has 6 aliphatic heterocycles. The molecule has 0 bridgehead atoms. The highest BCUT2D eigenvalue weighted by Gasteiger charge is 2.43. The lowest BCUT2D eigenvalue weighted by Crippen LogP contribution is -2.57. The first-order valence-corrected chi connectivity index (χ1v) is 35.7. The van der Waals surface area contributed by atoms with Crippen LogP contribution in [0.3, 0.4) is 0 Å². The van der Waals surface area contributed by atoms with Crippen LogP contribution in [0.4, 0.5) is 0 Å².